The second-order valence-electron chi connectivity index (χ2n) is 9.45. The van der Waals surface area contributed by atoms with E-state index in [0.29, 0.717) is 11.7 Å². The Morgan fingerprint density at radius 3 is 2.27 bits per heavy atom. The molecule has 0 spiro atoms. The maximum absolute atomic E-state index is 13.5. The Hall–Kier alpha value is -2.66. The number of hydrogen-bond acceptors (Lipinski definition) is 4. The number of nitrogens with zero attached hydrogens (tertiary/aromatic N) is 2. The Morgan fingerprint density at radius 1 is 0.946 bits per heavy atom. The molecule has 0 aliphatic carbocycles. The maximum atomic E-state index is 13.5. The summed E-state index contributed by atoms with van der Waals surface area (Å²) in [5.74, 6) is 0.248. The zero-order chi connectivity index (χ0) is 25.3. The molecule has 2 N–H and O–H groups in total. The van der Waals surface area contributed by atoms with Gasteiger partial charge in [-0.2, -0.15) is 0 Å². The summed E-state index contributed by atoms with van der Waals surface area (Å²) in [7, 11) is 0. The van der Waals surface area contributed by atoms with Gasteiger partial charge >= 0.3 is 231 Å². The molecule has 2 amide bonds. The Kier molecular flexibility index (Phi) is 9.28. The fourth-order valence-corrected chi connectivity index (χ4v) is 8.62. The zero-order valence-electron chi connectivity index (χ0n) is 21.1. The van der Waals surface area contributed by atoms with E-state index in [4.69, 9.17) is 0 Å². The SMILES string of the molecule is O=C(Nc1nc2ccccc2s1)N(CC[As]C1CCNCC1)CCC(c1ccccc1)c1ccccc1. The molecule has 5 rings (SSSR count). The van der Waals surface area contributed by atoms with Crippen molar-refractivity contribution < 1.29 is 4.79 Å². The second kappa shape index (κ2) is 13.2. The van der Waals surface area contributed by atoms with Gasteiger partial charge in [-0.3, -0.25) is 0 Å². The number of amides is 2. The van der Waals surface area contributed by atoms with Crippen LogP contribution in [0.4, 0.5) is 9.93 Å². The van der Waals surface area contributed by atoms with E-state index >= 15 is 0 Å². The first-order valence-corrected chi connectivity index (χ1v) is 16.4. The van der Waals surface area contributed by atoms with Gasteiger partial charge in [-0.15, -0.1) is 0 Å². The van der Waals surface area contributed by atoms with Crippen molar-refractivity contribution in [2.24, 2.45) is 0 Å². The first kappa shape index (κ1) is 26.0. The number of aromatic nitrogens is 1. The number of thiazole rings is 1. The van der Waals surface area contributed by atoms with Crippen molar-refractivity contribution in [3.05, 3.63) is 96.1 Å². The average Bonchev–Trinajstić information content (AvgIpc) is 3.36. The molecule has 1 fully saturated rings. The Morgan fingerprint density at radius 2 is 1.59 bits per heavy atom. The van der Waals surface area contributed by atoms with Crippen molar-refractivity contribution in [1.82, 2.24) is 15.2 Å². The zero-order valence-corrected chi connectivity index (χ0v) is 23.7. The summed E-state index contributed by atoms with van der Waals surface area (Å²) in [6.07, 6.45) is 3.44. The number of urea groups is 1. The summed E-state index contributed by atoms with van der Waals surface area (Å²) in [6, 6.07) is 29.3. The van der Waals surface area contributed by atoms with Crippen LogP contribution in [0.1, 0.15) is 36.3 Å². The van der Waals surface area contributed by atoms with Crippen molar-refractivity contribution in [3.8, 4) is 0 Å². The fourth-order valence-electron chi connectivity index (χ4n) is 4.94. The average molecular weight is 574 g/mol. The normalized spacial score (nSPS) is 14.5. The standard InChI is InChI=1S/C30H34AsN4OS/c36-30(34-29-33-27-13-7-8-14-28(27)37-29)35(22-18-31-25-15-19-32-20-16-25)21-17-26(23-9-3-1-4-10-23)24-11-5-2-6-12-24/h1-14,25-26,32H,15-22H2,(H,33,34,36). The van der Waals surface area contributed by atoms with Gasteiger partial charge in [-0.25, -0.2) is 0 Å². The topological polar surface area (TPSA) is 57.3 Å². The molecule has 1 aromatic heterocycles. The van der Waals surface area contributed by atoms with E-state index in [2.05, 4.69) is 76.3 Å². The number of anilines is 1. The van der Waals surface area contributed by atoms with Crippen LogP contribution in [0.15, 0.2) is 84.9 Å². The molecule has 7 heteroatoms. The van der Waals surface area contributed by atoms with E-state index in [9.17, 15) is 4.79 Å². The number of para-hydroxylation sites is 1. The van der Waals surface area contributed by atoms with Crippen LogP contribution < -0.4 is 10.6 Å². The Labute approximate surface area is 230 Å². The first-order valence-electron chi connectivity index (χ1n) is 13.1. The molecule has 0 saturated carbocycles. The predicted molar refractivity (Wildman–Crippen MR) is 156 cm³/mol. The number of benzene rings is 3. The summed E-state index contributed by atoms with van der Waals surface area (Å²) < 4.78 is 1.95. The number of rotatable bonds is 10. The summed E-state index contributed by atoms with van der Waals surface area (Å²) in [5.41, 5.74) is 3.51. The molecule has 0 bridgehead atoms. The van der Waals surface area contributed by atoms with Crippen molar-refractivity contribution >= 4 is 48.5 Å². The summed E-state index contributed by atoms with van der Waals surface area (Å²) in [4.78, 5) is 20.2. The molecule has 0 unspecified atom stereocenters. The van der Waals surface area contributed by atoms with Gasteiger partial charge in [0.2, 0.25) is 0 Å². The molecule has 1 aliphatic heterocycles. The number of fused-ring (bicyclic) bond motifs is 1. The summed E-state index contributed by atoms with van der Waals surface area (Å²) in [5, 5.41) is 8.38. The van der Waals surface area contributed by atoms with Crippen molar-refractivity contribution in [1.29, 1.82) is 0 Å². The molecular weight excluding hydrogens is 539 g/mol. The minimum absolute atomic E-state index is 0.0366. The summed E-state index contributed by atoms with van der Waals surface area (Å²) in [6.45, 7) is 3.78. The van der Waals surface area contributed by atoms with E-state index in [1.165, 1.54) is 35.3 Å². The first-order chi connectivity index (χ1) is 18.3. The van der Waals surface area contributed by atoms with Gasteiger partial charge in [0, 0.05) is 0 Å². The van der Waals surface area contributed by atoms with Crippen LogP contribution in [-0.4, -0.2) is 57.8 Å². The van der Waals surface area contributed by atoms with Crippen molar-refractivity contribution in [2.45, 2.75) is 35.1 Å². The number of hydrogen-bond donors (Lipinski definition) is 2. The minimum atomic E-state index is -0.0366. The van der Waals surface area contributed by atoms with E-state index < -0.39 is 0 Å². The third kappa shape index (κ3) is 7.22. The van der Waals surface area contributed by atoms with Crippen LogP contribution in [0, 0.1) is 0 Å². The van der Waals surface area contributed by atoms with E-state index in [1.54, 1.807) is 0 Å². The predicted octanol–water partition coefficient (Wildman–Crippen LogP) is 6.65. The van der Waals surface area contributed by atoms with E-state index in [1.807, 2.05) is 29.2 Å². The molecule has 1 aliphatic rings. The van der Waals surface area contributed by atoms with Crippen molar-refractivity contribution in [3.63, 3.8) is 0 Å². The Bertz CT molecular complexity index is 1190. The van der Waals surface area contributed by atoms with Crippen LogP contribution in [-0.2, 0) is 0 Å². The molecule has 3 aromatic carbocycles. The van der Waals surface area contributed by atoms with E-state index in [0.717, 1.165) is 46.2 Å². The van der Waals surface area contributed by atoms with Gasteiger partial charge in [-0.1, -0.05) is 0 Å². The number of nitrogens with one attached hydrogen (secondary N) is 2. The van der Waals surface area contributed by atoms with Crippen LogP contribution in [0.5, 0.6) is 0 Å². The van der Waals surface area contributed by atoms with Gasteiger partial charge in [-0.05, 0) is 0 Å². The van der Waals surface area contributed by atoms with Crippen LogP contribution in [0.3, 0.4) is 0 Å². The van der Waals surface area contributed by atoms with Gasteiger partial charge in [0.25, 0.3) is 0 Å². The molecule has 37 heavy (non-hydrogen) atoms. The molecule has 191 valence electrons. The fraction of sp³-hybridized carbons (Fsp3) is 0.333. The van der Waals surface area contributed by atoms with Crippen LogP contribution in [0.25, 0.3) is 10.2 Å². The number of carbonyl (C=O) groups excluding carboxylic acids is 1. The van der Waals surface area contributed by atoms with Gasteiger partial charge < -0.3 is 0 Å². The second-order valence-corrected chi connectivity index (χ2v) is 13.7. The molecule has 4 aromatic rings. The van der Waals surface area contributed by atoms with Gasteiger partial charge in [0.15, 0.2) is 0 Å². The van der Waals surface area contributed by atoms with Gasteiger partial charge in [0.05, 0.1) is 0 Å². The third-order valence-corrected chi connectivity index (χ3v) is 11.0. The molecule has 0 atom stereocenters. The number of carbonyl (C=O) groups is 1. The van der Waals surface area contributed by atoms with E-state index in [-0.39, 0.29) is 27.7 Å². The molecule has 5 nitrogen and oxygen atoms in total. The summed E-state index contributed by atoms with van der Waals surface area (Å²) >= 11 is 1.78. The Balaban J connectivity index is 1.29. The van der Waals surface area contributed by atoms with Crippen LogP contribution >= 0.6 is 11.3 Å². The third-order valence-electron chi connectivity index (χ3n) is 6.95. The number of piperidine rings is 1. The molecule has 1 radical (unpaired) electrons. The quantitative estimate of drug-likeness (QED) is 0.209. The molecular formula is C30H34AsN4OS. The molecule has 2 heterocycles. The van der Waals surface area contributed by atoms with Crippen molar-refractivity contribution in [2.75, 3.05) is 31.5 Å². The van der Waals surface area contributed by atoms with Crippen LogP contribution in [0.2, 0.25) is 9.91 Å². The van der Waals surface area contributed by atoms with Gasteiger partial charge in [0.1, 0.15) is 0 Å². The molecule has 1 saturated heterocycles. The monoisotopic (exact) mass is 573 g/mol.